The Bertz CT molecular complexity index is 1090. The zero-order chi connectivity index (χ0) is 26.7. The number of nitrogens with zero attached hydrogens (tertiary/aromatic N) is 2. The second kappa shape index (κ2) is 13.9. The molecule has 2 rings (SSSR count). The predicted octanol–water partition coefficient (Wildman–Crippen LogP) is 3.88. The van der Waals surface area contributed by atoms with Gasteiger partial charge in [-0.15, -0.1) is 0 Å². The number of hydrogen-bond acceptors (Lipinski definition) is 5. The number of ether oxygens (including phenoxy) is 1. The van der Waals surface area contributed by atoms with Crippen molar-refractivity contribution in [1.29, 1.82) is 0 Å². The molecular weight excluding hydrogens is 478 g/mol. The molecule has 0 saturated heterocycles. The van der Waals surface area contributed by atoms with Gasteiger partial charge in [-0.2, -0.15) is 0 Å². The summed E-state index contributed by atoms with van der Waals surface area (Å²) in [5.41, 5.74) is 2.30. The monoisotopic (exact) mass is 517 g/mol. The zero-order valence-electron chi connectivity index (χ0n) is 22.0. The van der Waals surface area contributed by atoms with E-state index in [0.29, 0.717) is 31.0 Å². The minimum Gasteiger partial charge on any atom is -0.494 e. The number of nitrogens with one attached hydrogen (secondary N) is 1. The van der Waals surface area contributed by atoms with Gasteiger partial charge in [-0.25, -0.2) is 8.42 Å². The van der Waals surface area contributed by atoms with Crippen molar-refractivity contribution in [2.75, 3.05) is 30.3 Å². The van der Waals surface area contributed by atoms with Crippen molar-refractivity contribution in [2.24, 2.45) is 0 Å². The Morgan fingerprint density at radius 2 is 1.64 bits per heavy atom. The fourth-order valence-electron chi connectivity index (χ4n) is 3.80. The molecule has 2 amide bonds. The number of hydrogen-bond donors (Lipinski definition) is 1. The topological polar surface area (TPSA) is 96.0 Å². The molecule has 0 saturated carbocycles. The highest BCUT2D eigenvalue weighted by atomic mass is 32.2. The average molecular weight is 518 g/mol. The van der Waals surface area contributed by atoms with Gasteiger partial charge in [0.2, 0.25) is 21.8 Å². The molecule has 8 nitrogen and oxygen atoms in total. The Hall–Kier alpha value is -3.07. The molecule has 2 aromatic rings. The van der Waals surface area contributed by atoms with Gasteiger partial charge in [0.05, 0.1) is 18.6 Å². The van der Waals surface area contributed by atoms with Crippen LogP contribution in [0.3, 0.4) is 0 Å². The first-order chi connectivity index (χ1) is 17.1. The van der Waals surface area contributed by atoms with Gasteiger partial charge in [0.15, 0.2) is 0 Å². The minimum atomic E-state index is -3.78. The number of carbonyl (C=O) groups excluding carboxylic acids is 2. The molecule has 0 heterocycles. The van der Waals surface area contributed by atoms with Crippen molar-refractivity contribution in [3.8, 4) is 5.75 Å². The zero-order valence-corrected chi connectivity index (χ0v) is 22.8. The van der Waals surface area contributed by atoms with Crippen LogP contribution in [0.5, 0.6) is 5.75 Å². The van der Waals surface area contributed by atoms with Crippen LogP contribution >= 0.6 is 0 Å². The lowest BCUT2D eigenvalue weighted by Crippen LogP contribution is -2.52. The molecule has 0 fully saturated rings. The van der Waals surface area contributed by atoms with E-state index in [1.165, 1.54) is 4.90 Å². The van der Waals surface area contributed by atoms with Crippen molar-refractivity contribution in [2.45, 2.75) is 59.5 Å². The Morgan fingerprint density at radius 1 is 1.00 bits per heavy atom. The summed E-state index contributed by atoms with van der Waals surface area (Å²) in [6.45, 7) is 8.51. The van der Waals surface area contributed by atoms with E-state index in [0.717, 1.165) is 34.5 Å². The summed E-state index contributed by atoms with van der Waals surface area (Å²) >= 11 is 0. The number of amides is 2. The molecule has 1 unspecified atom stereocenters. The minimum absolute atomic E-state index is 0.194. The molecule has 0 aliphatic carbocycles. The highest BCUT2D eigenvalue weighted by molar-refractivity contribution is 7.92. The lowest BCUT2D eigenvalue weighted by molar-refractivity contribution is -0.140. The van der Waals surface area contributed by atoms with E-state index < -0.39 is 28.5 Å². The van der Waals surface area contributed by atoms with E-state index in [1.807, 2.05) is 52.0 Å². The Kier molecular flexibility index (Phi) is 11.2. The number of carbonyl (C=O) groups is 2. The summed E-state index contributed by atoms with van der Waals surface area (Å²) in [6, 6.07) is 13.6. The van der Waals surface area contributed by atoms with Crippen molar-refractivity contribution in [3.05, 3.63) is 59.7 Å². The van der Waals surface area contributed by atoms with Crippen molar-refractivity contribution >= 4 is 27.5 Å². The molecule has 0 spiro atoms. The maximum atomic E-state index is 13.7. The van der Waals surface area contributed by atoms with Crippen LogP contribution in [0.25, 0.3) is 0 Å². The number of anilines is 1. The largest absolute Gasteiger partial charge is 0.494 e. The number of unbranched alkanes of at least 4 members (excludes halogenated alkanes) is 1. The predicted molar refractivity (Wildman–Crippen MR) is 144 cm³/mol. The molecule has 1 atom stereocenters. The Balaban J connectivity index is 2.37. The summed E-state index contributed by atoms with van der Waals surface area (Å²) in [5, 5.41) is 2.92. The van der Waals surface area contributed by atoms with Crippen LogP contribution in [0.4, 0.5) is 5.69 Å². The number of rotatable bonds is 14. The second-order valence-corrected chi connectivity index (χ2v) is 10.7. The third-order valence-corrected chi connectivity index (χ3v) is 6.94. The fraction of sp³-hybridized carbons (Fsp3) is 0.481. The maximum absolute atomic E-state index is 13.7. The molecule has 0 aromatic heterocycles. The number of aryl methyl sites for hydroxylation is 1. The van der Waals surface area contributed by atoms with Crippen LogP contribution in [-0.4, -0.2) is 57.1 Å². The fourth-order valence-corrected chi connectivity index (χ4v) is 4.65. The lowest BCUT2D eigenvalue weighted by Gasteiger charge is -2.33. The number of benzene rings is 2. The van der Waals surface area contributed by atoms with Gasteiger partial charge in [0.1, 0.15) is 18.3 Å². The van der Waals surface area contributed by atoms with Crippen LogP contribution in [0.2, 0.25) is 0 Å². The highest BCUT2D eigenvalue weighted by Crippen LogP contribution is 2.23. The summed E-state index contributed by atoms with van der Waals surface area (Å²) in [6.07, 6.45) is 3.25. The van der Waals surface area contributed by atoms with E-state index in [2.05, 4.69) is 5.32 Å². The van der Waals surface area contributed by atoms with Crippen LogP contribution in [-0.2, 0) is 26.2 Å². The summed E-state index contributed by atoms with van der Waals surface area (Å²) in [7, 11) is -3.78. The Morgan fingerprint density at radius 3 is 2.17 bits per heavy atom. The molecule has 0 radical (unpaired) electrons. The molecule has 0 aliphatic rings. The lowest BCUT2D eigenvalue weighted by atomic mass is 10.1. The van der Waals surface area contributed by atoms with Crippen molar-refractivity contribution in [1.82, 2.24) is 10.2 Å². The van der Waals surface area contributed by atoms with Crippen LogP contribution in [0, 0.1) is 6.92 Å². The van der Waals surface area contributed by atoms with Gasteiger partial charge >= 0.3 is 0 Å². The molecule has 1 N–H and O–H groups in total. The molecule has 0 aliphatic heterocycles. The quantitative estimate of drug-likeness (QED) is 0.384. The summed E-state index contributed by atoms with van der Waals surface area (Å²) in [5.74, 6) is -0.0809. The van der Waals surface area contributed by atoms with Gasteiger partial charge in [0, 0.05) is 13.1 Å². The normalized spacial score (nSPS) is 12.0. The van der Waals surface area contributed by atoms with Gasteiger partial charge in [-0.1, -0.05) is 50.1 Å². The smallest absolute Gasteiger partial charge is 0.244 e. The van der Waals surface area contributed by atoms with Crippen molar-refractivity contribution < 1.29 is 22.7 Å². The van der Waals surface area contributed by atoms with Crippen molar-refractivity contribution in [3.63, 3.8) is 0 Å². The average Bonchev–Trinajstić information content (AvgIpc) is 2.84. The third kappa shape index (κ3) is 8.55. The van der Waals surface area contributed by atoms with Gasteiger partial charge in [-0.3, -0.25) is 13.9 Å². The summed E-state index contributed by atoms with van der Waals surface area (Å²) in [4.78, 5) is 28.2. The second-order valence-electron chi connectivity index (χ2n) is 8.77. The van der Waals surface area contributed by atoms with Crippen LogP contribution in [0.15, 0.2) is 48.5 Å². The van der Waals surface area contributed by atoms with Gasteiger partial charge in [-0.05, 0) is 56.5 Å². The SMILES string of the molecule is CCCCNC(=O)C(CC)N(Cc1ccc(C)cc1)C(=O)CN(c1ccc(OCC)cc1)S(C)(=O)=O. The highest BCUT2D eigenvalue weighted by Gasteiger charge is 2.31. The molecule has 9 heteroatoms. The van der Waals surface area contributed by atoms with Crippen LogP contribution in [0.1, 0.15) is 51.2 Å². The van der Waals surface area contributed by atoms with E-state index in [9.17, 15) is 18.0 Å². The molecule has 198 valence electrons. The summed E-state index contributed by atoms with van der Waals surface area (Å²) < 4.78 is 31.9. The molecule has 2 aromatic carbocycles. The Labute approximate surface area is 215 Å². The number of sulfonamides is 1. The van der Waals surface area contributed by atoms with Crippen LogP contribution < -0.4 is 14.4 Å². The van der Waals surface area contributed by atoms with E-state index >= 15 is 0 Å². The van der Waals surface area contributed by atoms with Gasteiger partial charge in [0.25, 0.3) is 0 Å². The van der Waals surface area contributed by atoms with E-state index in [4.69, 9.17) is 4.74 Å². The molecule has 0 bridgehead atoms. The first-order valence-electron chi connectivity index (χ1n) is 12.4. The first kappa shape index (κ1) is 29.2. The first-order valence-corrected chi connectivity index (χ1v) is 14.3. The van der Waals surface area contributed by atoms with Gasteiger partial charge < -0.3 is 15.0 Å². The van der Waals surface area contributed by atoms with E-state index in [-0.39, 0.29) is 12.5 Å². The maximum Gasteiger partial charge on any atom is 0.244 e. The molecular formula is C27H39N3O5S. The standard InChI is InChI=1S/C27H39N3O5S/c1-6-9-18-28-27(32)25(7-2)29(19-22-12-10-21(4)11-13-22)26(31)20-30(36(5,33)34)23-14-16-24(17-15-23)35-8-3/h10-17,25H,6-9,18-20H2,1-5H3,(H,28,32). The third-order valence-electron chi connectivity index (χ3n) is 5.80. The van der Waals surface area contributed by atoms with E-state index in [1.54, 1.807) is 24.3 Å². The molecule has 36 heavy (non-hydrogen) atoms.